The average molecular weight is 314 g/mol. The number of aliphatic hydroxyl groups excluding tert-OH is 1. The second-order valence-electron chi connectivity index (χ2n) is 5.23. The van der Waals surface area contributed by atoms with Gasteiger partial charge in [-0.3, -0.25) is 0 Å². The average Bonchev–Trinajstić information content (AvgIpc) is 2.94. The van der Waals surface area contributed by atoms with Crippen LogP contribution in [0.2, 0.25) is 0 Å². The highest BCUT2D eigenvalue weighted by Gasteiger charge is 2.37. The van der Waals surface area contributed by atoms with Crippen LogP contribution in [0.15, 0.2) is 19.2 Å². The Kier molecular flexibility index (Phi) is 3.07. The first-order chi connectivity index (χ1) is 10.3. The molecule has 2 aromatic heterocycles. The summed E-state index contributed by atoms with van der Waals surface area (Å²) in [6.45, 7) is 0. The standard InChI is InChI=1S/C10H14N6O6/c17-5-1-3-10(22,4-2-5)16-9(21)15(8(20)13-16)14-6(18)11-12-7(14)19/h5,17,22H,1-4H2,(H,11,18)(H,12,19)(H,13,20). The number of nitrogens with zero attached hydrogens (tertiary/aromatic N) is 3. The molecule has 1 aliphatic carbocycles. The second-order valence-corrected chi connectivity index (χ2v) is 5.23. The third-order valence-corrected chi connectivity index (χ3v) is 3.81. The SMILES string of the molecule is O=c1[nH][nH]c(=O)n1-n1c(=O)[nH]n(C2(O)CCC(O)CC2)c1=O. The van der Waals surface area contributed by atoms with Crippen molar-refractivity contribution in [1.82, 2.24) is 29.3 Å². The molecule has 0 saturated heterocycles. The van der Waals surface area contributed by atoms with Crippen molar-refractivity contribution in [1.29, 1.82) is 0 Å². The van der Waals surface area contributed by atoms with E-state index in [2.05, 4.69) is 5.10 Å². The number of aromatic nitrogens is 6. The molecule has 120 valence electrons. The zero-order chi connectivity index (χ0) is 16.1. The van der Waals surface area contributed by atoms with Crippen LogP contribution in [0.1, 0.15) is 25.7 Å². The van der Waals surface area contributed by atoms with E-state index in [1.54, 1.807) is 0 Å². The number of aromatic amines is 3. The minimum Gasteiger partial charge on any atom is -0.393 e. The van der Waals surface area contributed by atoms with Crippen LogP contribution in [0, 0.1) is 0 Å². The fourth-order valence-corrected chi connectivity index (χ4v) is 2.61. The third-order valence-electron chi connectivity index (χ3n) is 3.81. The van der Waals surface area contributed by atoms with Gasteiger partial charge < -0.3 is 10.2 Å². The predicted molar refractivity (Wildman–Crippen MR) is 70.4 cm³/mol. The lowest BCUT2D eigenvalue weighted by Gasteiger charge is -2.33. The summed E-state index contributed by atoms with van der Waals surface area (Å²) in [4.78, 5) is 47.3. The fourth-order valence-electron chi connectivity index (χ4n) is 2.61. The first kappa shape index (κ1) is 14.3. The lowest BCUT2D eigenvalue weighted by Crippen LogP contribution is -2.48. The van der Waals surface area contributed by atoms with E-state index in [0.29, 0.717) is 14.0 Å². The van der Waals surface area contributed by atoms with Crippen LogP contribution in [-0.2, 0) is 5.72 Å². The molecule has 0 radical (unpaired) electrons. The van der Waals surface area contributed by atoms with E-state index in [1.807, 2.05) is 10.2 Å². The number of aliphatic hydroxyl groups is 2. The normalized spacial score (nSPS) is 25.5. The zero-order valence-corrected chi connectivity index (χ0v) is 11.3. The lowest BCUT2D eigenvalue weighted by molar-refractivity contribution is -0.104. The van der Waals surface area contributed by atoms with Crippen LogP contribution in [0.5, 0.6) is 0 Å². The maximum Gasteiger partial charge on any atom is 0.369 e. The van der Waals surface area contributed by atoms with Gasteiger partial charge in [-0.05, 0) is 25.7 Å². The quantitative estimate of drug-likeness (QED) is 0.383. The first-order valence-corrected chi connectivity index (χ1v) is 6.59. The zero-order valence-electron chi connectivity index (χ0n) is 11.3. The van der Waals surface area contributed by atoms with Gasteiger partial charge in [0.1, 0.15) is 0 Å². The molecule has 0 unspecified atom stereocenters. The van der Waals surface area contributed by atoms with Crippen molar-refractivity contribution in [3.8, 4) is 0 Å². The Morgan fingerprint density at radius 3 is 2.05 bits per heavy atom. The van der Waals surface area contributed by atoms with Gasteiger partial charge in [0.2, 0.25) is 0 Å². The van der Waals surface area contributed by atoms with Crippen molar-refractivity contribution >= 4 is 0 Å². The van der Waals surface area contributed by atoms with Gasteiger partial charge in [-0.15, -0.1) is 9.35 Å². The maximum atomic E-state index is 12.3. The second kappa shape index (κ2) is 4.71. The van der Waals surface area contributed by atoms with Crippen molar-refractivity contribution in [2.24, 2.45) is 0 Å². The summed E-state index contributed by atoms with van der Waals surface area (Å²) in [5.74, 6) is 0. The molecule has 12 nitrogen and oxygen atoms in total. The Morgan fingerprint density at radius 1 is 0.955 bits per heavy atom. The molecule has 12 heteroatoms. The molecule has 2 aromatic rings. The van der Waals surface area contributed by atoms with Crippen molar-refractivity contribution in [3.05, 3.63) is 41.9 Å². The van der Waals surface area contributed by atoms with Gasteiger partial charge >= 0.3 is 22.8 Å². The third kappa shape index (κ3) is 2.00. The van der Waals surface area contributed by atoms with Crippen LogP contribution in [0.3, 0.4) is 0 Å². The lowest BCUT2D eigenvalue weighted by atomic mass is 9.90. The molecule has 0 bridgehead atoms. The Hall–Kier alpha value is -2.60. The van der Waals surface area contributed by atoms with Gasteiger partial charge in [0, 0.05) is 0 Å². The van der Waals surface area contributed by atoms with E-state index in [1.165, 1.54) is 0 Å². The molecular weight excluding hydrogens is 300 g/mol. The molecule has 0 spiro atoms. The molecule has 0 amide bonds. The van der Waals surface area contributed by atoms with Crippen molar-refractivity contribution < 1.29 is 10.2 Å². The highest BCUT2D eigenvalue weighted by molar-refractivity contribution is 4.86. The van der Waals surface area contributed by atoms with Crippen molar-refractivity contribution in [2.45, 2.75) is 37.5 Å². The summed E-state index contributed by atoms with van der Waals surface area (Å²) in [6.07, 6.45) is 0.0143. The van der Waals surface area contributed by atoms with Crippen LogP contribution in [0.25, 0.3) is 0 Å². The molecular formula is C10H14N6O6. The van der Waals surface area contributed by atoms with Gasteiger partial charge in [0.05, 0.1) is 6.10 Å². The van der Waals surface area contributed by atoms with E-state index in [-0.39, 0.29) is 25.7 Å². The van der Waals surface area contributed by atoms with Crippen LogP contribution in [0.4, 0.5) is 0 Å². The molecule has 1 fully saturated rings. The van der Waals surface area contributed by atoms with E-state index in [4.69, 9.17) is 0 Å². The number of hydrogen-bond acceptors (Lipinski definition) is 6. The Morgan fingerprint density at radius 2 is 1.50 bits per heavy atom. The summed E-state index contributed by atoms with van der Waals surface area (Å²) in [6, 6.07) is 0. The van der Waals surface area contributed by atoms with Gasteiger partial charge in [-0.2, -0.15) is 0 Å². The summed E-state index contributed by atoms with van der Waals surface area (Å²) in [5.41, 5.74) is -5.79. The summed E-state index contributed by atoms with van der Waals surface area (Å²) in [7, 11) is 0. The molecule has 0 atom stereocenters. The number of nitrogens with one attached hydrogen (secondary N) is 3. The first-order valence-electron chi connectivity index (χ1n) is 6.59. The maximum absolute atomic E-state index is 12.3. The van der Waals surface area contributed by atoms with E-state index in [0.717, 1.165) is 0 Å². The monoisotopic (exact) mass is 314 g/mol. The summed E-state index contributed by atoms with van der Waals surface area (Å²) in [5, 5.41) is 26.0. The molecule has 22 heavy (non-hydrogen) atoms. The fraction of sp³-hybridized carbons (Fsp3) is 0.600. The summed E-state index contributed by atoms with van der Waals surface area (Å²) >= 11 is 0. The van der Waals surface area contributed by atoms with Crippen LogP contribution >= 0.6 is 0 Å². The van der Waals surface area contributed by atoms with Gasteiger partial charge in [-0.1, -0.05) is 0 Å². The van der Waals surface area contributed by atoms with E-state index >= 15 is 0 Å². The van der Waals surface area contributed by atoms with E-state index < -0.39 is 34.6 Å². The predicted octanol–water partition coefficient (Wildman–Crippen LogP) is -3.59. The molecule has 2 heterocycles. The molecule has 1 aliphatic rings. The topological polar surface area (TPSA) is 171 Å². The largest absolute Gasteiger partial charge is 0.393 e. The van der Waals surface area contributed by atoms with E-state index in [9.17, 15) is 29.4 Å². The Balaban J connectivity index is 2.17. The molecule has 0 aliphatic heterocycles. The highest BCUT2D eigenvalue weighted by atomic mass is 16.3. The smallest absolute Gasteiger partial charge is 0.369 e. The Bertz CT molecular complexity index is 886. The van der Waals surface area contributed by atoms with Crippen LogP contribution < -0.4 is 22.8 Å². The van der Waals surface area contributed by atoms with Gasteiger partial charge in [0.25, 0.3) is 0 Å². The minimum absolute atomic E-state index is 0.0480. The molecule has 3 rings (SSSR count). The summed E-state index contributed by atoms with van der Waals surface area (Å²) < 4.78 is 1.26. The van der Waals surface area contributed by atoms with Crippen LogP contribution in [-0.4, -0.2) is 45.6 Å². The number of rotatable bonds is 2. The Labute approximate surface area is 120 Å². The van der Waals surface area contributed by atoms with Gasteiger partial charge in [0.15, 0.2) is 5.72 Å². The van der Waals surface area contributed by atoms with Crippen molar-refractivity contribution in [2.75, 3.05) is 0 Å². The number of H-pyrrole nitrogens is 3. The molecule has 5 N–H and O–H groups in total. The molecule has 1 saturated carbocycles. The number of hydrogen-bond donors (Lipinski definition) is 5. The minimum atomic E-state index is -1.69. The van der Waals surface area contributed by atoms with Crippen molar-refractivity contribution in [3.63, 3.8) is 0 Å². The van der Waals surface area contributed by atoms with Gasteiger partial charge in [-0.25, -0.2) is 39.2 Å². The molecule has 0 aromatic carbocycles. The highest BCUT2D eigenvalue weighted by Crippen LogP contribution is 2.30.